The predicted molar refractivity (Wildman–Crippen MR) is 96.6 cm³/mol. The third-order valence-electron chi connectivity index (χ3n) is 3.51. The van der Waals surface area contributed by atoms with E-state index in [0.717, 1.165) is 11.1 Å². The van der Waals surface area contributed by atoms with Crippen LogP contribution >= 0.6 is 11.6 Å². The fourth-order valence-electron chi connectivity index (χ4n) is 2.25. The highest BCUT2D eigenvalue weighted by atomic mass is 35.5. The van der Waals surface area contributed by atoms with Crippen LogP contribution in [0.2, 0.25) is 5.02 Å². The van der Waals surface area contributed by atoms with E-state index in [0.29, 0.717) is 22.9 Å². The number of hydrogen-bond donors (Lipinski definition) is 2. The van der Waals surface area contributed by atoms with Gasteiger partial charge in [0.15, 0.2) is 0 Å². The van der Waals surface area contributed by atoms with Gasteiger partial charge in [-0.1, -0.05) is 48.0 Å². The Morgan fingerprint density at radius 3 is 2.62 bits per heavy atom. The van der Waals surface area contributed by atoms with Crippen LogP contribution in [0, 0.1) is 6.92 Å². The van der Waals surface area contributed by atoms with Crippen molar-refractivity contribution in [3.63, 3.8) is 0 Å². The number of rotatable bonds is 4. The maximum atomic E-state index is 12.0. The van der Waals surface area contributed by atoms with Crippen LogP contribution in [0.25, 0.3) is 0 Å². The number of benzene rings is 2. The fourth-order valence-corrected chi connectivity index (χ4v) is 2.43. The third kappa shape index (κ3) is 4.14. The number of hydrogen-bond acceptors (Lipinski definition) is 2. The lowest BCUT2D eigenvalue weighted by Gasteiger charge is -2.07. The van der Waals surface area contributed by atoms with Crippen molar-refractivity contribution in [1.82, 2.24) is 9.78 Å². The molecule has 6 heteroatoms. The predicted octanol–water partition coefficient (Wildman–Crippen LogP) is 4.54. The molecule has 1 heterocycles. The molecule has 24 heavy (non-hydrogen) atoms. The van der Waals surface area contributed by atoms with Crippen LogP contribution in [0.3, 0.4) is 0 Å². The van der Waals surface area contributed by atoms with Gasteiger partial charge < -0.3 is 10.6 Å². The second-order valence-corrected chi connectivity index (χ2v) is 5.86. The van der Waals surface area contributed by atoms with Crippen molar-refractivity contribution in [2.45, 2.75) is 13.5 Å². The Kier molecular flexibility index (Phi) is 4.82. The number of anilines is 2. The quantitative estimate of drug-likeness (QED) is 0.732. The van der Waals surface area contributed by atoms with Crippen molar-refractivity contribution >= 4 is 29.0 Å². The Hall–Kier alpha value is -2.79. The van der Waals surface area contributed by atoms with Crippen molar-refractivity contribution < 1.29 is 4.79 Å². The lowest BCUT2D eigenvalue weighted by Crippen LogP contribution is -2.19. The summed E-state index contributed by atoms with van der Waals surface area (Å²) in [6.07, 6.45) is 3.40. The lowest BCUT2D eigenvalue weighted by atomic mass is 10.2. The first kappa shape index (κ1) is 16.1. The van der Waals surface area contributed by atoms with Crippen LogP contribution in [0.5, 0.6) is 0 Å². The van der Waals surface area contributed by atoms with E-state index in [9.17, 15) is 4.79 Å². The maximum absolute atomic E-state index is 12.0. The van der Waals surface area contributed by atoms with Crippen molar-refractivity contribution in [3.05, 3.63) is 77.1 Å². The first-order valence-corrected chi connectivity index (χ1v) is 7.88. The van der Waals surface area contributed by atoms with Gasteiger partial charge >= 0.3 is 6.03 Å². The molecule has 0 fully saturated rings. The molecule has 0 saturated heterocycles. The average molecular weight is 341 g/mol. The molecule has 0 aliphatic carbocycles. The highest BCUT2D eigenvalue weighted by Crippen LogP contribution is 2.20. The Balaban J connectivity index is 1.59. The minimum absolute atomic E-state index is 0.339. The van der Waals surface area contributed by atoms with Gasteiger partial charge in [0, 0.05) is 16.9 Å². The van der Waals surface area contributed by atoms with Crippen molar-refractivity contribution in [3.8, 4) is 0 Å². The SMILES string of the molecule is Cc1ccc(NC(=O)Nc2cnn(Cc3ccccc3)c2)cc1Cl. The smallest absolute Gasteiger partial charge is 0.308 e. The first-order chi connectivity index (χ1) is 11.6. The zero-order valence-corrected chi connectivity index (χ0v) is 13.9. The van der Waals surface area contributed by atoms with Crippen LogP contribution in [0.4, 0.5) is 16.2 Å². The Labute approximate surface area is 145 Å². The largest absolute Gasteiger partial charge is 0.323 e. The zero-order chi connectivity index (χ0) is 16.9. The van der Waals surface area contributed by atoms with Crippen LogP contribution in [0.15, 0.2) is 60.9 Å². The summed E-state index contributed by atoms with van der Waals surface area (Å²) in [5.41, 5.74) is 3.37. The van der Waals surface area contributed by atoms with Gasteiger partial charge in [0.05, 0.1) is 18.4 Å². The molecule has 3 aromatic rings. The van der Waals surface area contributed by atoms with Crippen LogP contribution in [0.1, 0.15) is 11.1 Å². The molecule has 0 atom stereocenters. The summed E-state index contributed by atoms with van der Waals surface area (Å²) >= 11 is 6.05. The monoisotopic (exact) mass is 340 g/mol. The normalized spacial score (nSPS) is 10.4. The summed E-state index contributed by atoms with van der Waals surface area (Å²) in [4.78, 5) is 12.0. The van der Waals surface area contributed by atoms with Gasteiger partial charge in [-0.3, -0.25) is 4.68 Å². The third-order valence-corrected chi connectivity index (χ3v) is 3.92. The second-order valence-electron chi connectivity index (χ2n) is 5.46. The first-order valence-electron chi connectivity index (χ1n) is 7.51. The molecule has 0 bridgehead atoms. The summed E-state index contributed by atoms with van der Waals surface area (Å²) in [5, 5.41) is 10.4. The Morgan fingerprint density at radius 2 is 1.88 bits per heavy atom. The van der Waals surface area contributed by atoms with E-state index in [4.69, 9.17) is 11.6 Å². The van der Waals surface area contributed by atoms with Gasteiger partial charge in [-0.05, 0) is 30.2 Å². The van der Waals surface area contributed by atoms with Crippen LogP contribution in [-0.4, -0.2) is 15.8 Å². The number of carbonyl (C=O) groups excluding carboxylic acids is 1. The minimum atomic E-state index is -0.339. The summed E-state index contributed by atoms with van der Waals surface area (Å²) in [6.45, 7) is 2.56. The van der Waals surface area contributed by atoms with Crippen molar-refractivity contribution in [2.75, 3.05) is 10.6 Å². The minimum Gasteiger partial charge on any atom is -0.308 e. The highest BCUT2D eigenvalue weighted by molar-refractivity contribution is 6.31. The topological polar surface area (TPSA) is 59.0 Å². The van der Waals surface area contributed by atoms with Gasteiger partial charge in [0.2, 0.25) is 0 Å². The fraction of sp³-hybridized carbons (Fsp3) is 0.111. The van der Waals surface area contributed by atoms with Gasteiger partial charge in [-0.2, -0.15) is 5.10 Å². The van der Waals surface area contributed by atoms with E-state index < -0.39 is 0 Å². The standard InChI is InChI=1S/C18H17ClN4O/c1-13-7-8-15(9-17(13)19)21-18(24)22-16-10-20-23(12-16)11-14-5-3-2-4-6-14/h2-10,12H,11H2,1H3,(H2,21,22,24). The van der Waals surface area contributed by atoms with E-state index in [1.54, 1.807) is 29.2 Å². The average Bonchev–Trinajstić information content (AvgIpc) is 2.99. The highest BCUT2D eigenvalue weighted by Gasteiger charge is 2.06. The molecule has 0 saturated carbocycles. The molecule has 0 radical (unpaired) electrons. The Bertz CT molecular complexity index is 845. The van der Waals surface area contributed by atoms with Crippen LogP contribution < -0.4 is 10.6 Å². The summed E-state index contributed by atoms with van der Waals surface area (Å²) in [5.74, 6) is 0. The molecule has 5 nitrogen and oxygen atoms in total. The second kappa shape index (κ2) is 7.19. The van der Waals surface area contributed by atoms with E-state index in [2.05, 4.69) is 15.7 Å². The van der Waals surface area contributed by atoms with Crippen molar-refractivity contribution in [1.29, 1.82) is 0 Å². The number of aryl methyl sites for hydroxylation is 1. The lowest BCUT2D eigenvalue weighted by molar-refractivity contribution is 0.262. The number of aromatic nitrogens is 2. The molecule has 122 valence electrons. The molecule has 0 aliphatic heterocycles. The molecule has 2 aromatic carbocycles. The molecule has 0 unspecified atom stereocenters. The van der Waals surface area contributed by atoms with Gasteiger partial charge in [-0.25, -0.2) is 4.79 Å². The molecule has 2 amide bonds. The molecule has 1 aromatic heterocycles. The molecule has 0 aliphatic rings. The van der Waals surface area contributed by atoms with Crippen molar-refractivity contribution in [2.24, 2.45) is 0 Å². The number of carbonyl (C=O) groups is 1. The Morgan fingerprint density at radius 1 is 1.12 bits per heavy atom. The molecule has 0 spiro atoms. The molecule has 3 rings (SSSR count). The van der Waals surface area contributed by atoms with Crippen LogP contribution in [-0.2, 0) is 6.54 Å². The molecule has 2 N–H and O–H groups in total. The van der Waals surface area contributed by atoms with E-state index in [1.807, 2.05) is 43.3 Å². The number of halogens is 1. The number of nitrogens with zero attached hydrogens (tertiary/aromatic N) is 2. The number of nitrogens with one attached hydrogen (secondary N) is 2. The van der Waals surface area contributed by atoms with E-state index in [1.165, 1.54) is 0 Å². The summed E-state index contributed by atoms with van der Waals surface area (Å²) in [6, 6.07) is 15.0. The van der Waals surface area contributed by atoms with E-state index in [-0.39, 0.29) is 6.03 Å². The van der Waals surface area contributed by atoms with E-state index >= 15 is 0 Å². The number of urea groups is 1. The maximum Gasteiger partial charge on any atom is 0.323 e. The van der Waals surface area contributed by atoms with Gasteiger partial charge in [-0.15, -0.1) is 0 Å². The molecular weight excluding hydrogens is 324 g/mol. The molecular formula is C18H17ClN4O. The van der Waals surface area contributed by atoms with Gasteiger partial charge in [0.1, 0.15) is 0 Å². The number of amides is 2. The summed E-state index contributed by atoms with van der Waals surface area (Å²) in [7, 11) is 0. The zero-order valence-electron chi connectivity index (χ0n) is 13.2. The summed E-state index contributed by atoms with van der Waals surface area (Å²) < 4.78 is 1.77. The van der Waals surface area contributed by atoms with Gasteiger partial charge in [0.25, 0.3) is 0 Å².